The lowest BCUT2D eigenvalue weighted by Crippen LogP contribution is -2.56. The van der Waals surface area contributed by atoms with Crippen molar-refractivity contribution in [2.24, 2.45) is 15.2 Å². The molecule has 1 aromatic heterocycles. The van der Waals surface area contributed by atoms with E-state index >= 15 is 0 Å². The van der Waals surface area contributed by atoms with Gasteiger partial charge >= 0.3 is 24.0 Å². The number of nitrogens with two attached hydrogens (primary N) is 1. The molecule has 0 radical (unpaired) electrons. The summed E-state index contributed by atoms with van der Waals surface area (Å²) in [5.41, 5.74) is 4.72. The molecule has 2 unspecified atom stereocenters. The van der Waals surface area contributed by atoms with Crippen LogP contribution in [0.1, 0.15) is 60.6 Å². The third-order valence-corrected chi connectivity index (χ3v) is 12.7. The van der Waals surface area contributed by atoms with Crippen molar-refractivity contribution < 1.29 is 64.2 Å². The second-order valence-electron chi connectivity index (χ2n) is 13.9. The van der Waals surface area contributed by atoms with Gasteiger partial charge in [-0.05, 0) is 50.0 Å². The smallest absolute Gasteiger partial charge is 0.419 e. The molecular weight excluding hydrogens is 875 g/mol. The molecule has 4 aliphatic rings. The largest absolute Gasteiger partial charge is 0.504 e. The van der Waals surface area contributed by atoms with E-state index in [4.69, 9.17) is 10.6 Å². The normalized spacial score (nSPS) is 22.8. The van der Waals surface area contributed by atoms with Crippen LogP contribution in [0.5, 0.6) is 11.5 Å². The van der Waals surface area contributed by atoms with Crippen LogP contribution in [0.4, 0.5) is 9.93 Å². The fourth-order valence-electron chi connectivity index (χ4n) is 6.82. The first-order valence-electron chi connectivity index (χ1n) is 18.6. The molecule has 3 atom stereocenters. The Bertz CT molecular complexity index is 2380. The third kappa shape index (κ3) is 9.95. The number of carbonyl (C=O) groups excluding carboxylic acids is 2. The second-order valence-corrected chi connectivity index (χ2v) is 16.9. The number of aromatic hydroxyl groups is 2. The van der Waals surface area contributed by atoms with Gasteiger partial charge in [0.2, 0.25) is 5.96 Å². The van der Waals surface area contributed by atoms with Crippen LogP contribution in [-0.4, -0.2) is 139 Å². The molecule has 0 fully saturated rings. The minimum atomic E-state index is -1.53. The molecule has 62 heavy (non-hydrogen) atoms. The van der Waals surface area contributed by atoms with E-state index in [0.29, 0.717) is 31.4 Å². The second kappa shape index (κ2) is 19.4. The maximum atomic E-state index is 14.9. The molecule has 2 aromatic rings. The Hall–Kier alpha value is -6.60. The number of guanidine groups is 1. The van der Waals surface area contributed by atoms with Gasteiger partial charge in [-0.25, -0.2) is 39.1 Å². The number of phenolic OH excluding ortho intramolecular Hbond substituents is 2. The number of fused-ring (bicyclic) bond motifs is 1. The Kier molecular flexibility index (Phi) is 14.1. The number of thioether (sulfide) groups is 2. The van der Waals surface area contributed by atoms with E-state index in [1.165, 1.54) is 28.2 Å². The summed E-state index contributed by atoms with van der Waals surface area (Å²) in [4.78, 5) is 94.5. The van der Waals surface area contributed by atoms with E-state index in [1.807, 2.05) is 0 Å². The Morgan fingerprint density at radius 2 is 1.81 bits per heavy atom. The fraction of sp³-hybridized carbons (Fsp3) is 0.351. The number of rotatable bonds is 13. The minimum absolute atomic E-state index is 0.00255. The van der Waals surface area contributed by atoms with Crippen molar-refractivity contribution in [3.63, 3.8) is 0 Å². The zero-order valence-corrected chi connectivity index (χ0v) is 35.0. The topological polar surface area (TPSA) is 331 Å². The molecule has 1 aliphatic carbocycles. The molecule has 1 aromatic carbocycles. The molecule has 25 heteroatoms. The van der Waals surface area contributed by atoms with Gasteiger partial charge in [0.25, 0.3) is 11.8 Å². The van der Waals surface area contributed by atoms with Crippen molar-refractivity contribution in [1.29, 1.82) is 0 Å². The highest BCUT2D eigenvalue weighted by Crippen LogP contribution is 2.35. The molecule has 3 amide bonds. The van der Waals surface area contributed by atoms with Crippen LogP contribution >= 0.6 is 34.9 Å². The number of nitrogen functional groups attached to an aromatic ring is 1. The van der Waals surface area contributed by atoms with Gasteiger partial charge in [0.15, 0.2) is 22.3 Å². The number of nitrogens with one attached hydrogen (secondary N) is 1. The standard InChI is InChI=1S/C37H39N9O13S3/c1-17-8-27(46-36(40-17)44(16-39-46)37(57)58)61-13-19-12-60-14-23(31(50)45(29(19)34(55)56)24-7-5-3-2-4-6-20(24)32(51)52)41-30(49)28(22-15-62-35(38)42-22)43-59-11-18-9-25(47)26(48)10-21(18)33(53)54/h6,8-10,15-16,23-24,27,47-48H,2-5,7,11-14H2,1H3,(H2,38,42)(H,41,49)(H,51,52)(H,53,54)(H,55,56)(H,57,58)/b20-6+,29-19+,43-28-/t23-,24?,27?/m0/s1. The van der Waals surface area contributed by atoms with Crippen molar-refractivity contribution >= 4 is 93.8 Å². The number of aliphatic carboxylic acids is 2. The Balaban J connectivity index is 1.35. The van der Waals surface area contributed by atoms with Gasteiger partial charge in [-0.2, -0.15) is 16.9 Å². The van der Waals surface area contributed by atoms with Gasteiger partial charge in [0, 0.05) is 33.9 Å². The summed E-state index contributed by atoms with van der Waals surface area (Å²) < 4.78 is 0. The van der Waals surface area contributed by atoms with E-state index in [1.54, 1.807) is 13.0 Å². The summed E-state index contributed by atoms with van der Waals surface area (Å²) in [6.45, 7) is 1.04. The number of aromatic nitrogens is 1. The lowest BCUT2D eigenvalue weighted by atomic mass is 9.92. The zero-order chi connectivity index (χ0) is 44.8. The number of hydrazone groups is 1. The number of carbonyl (C=O) groups is 6. The quantitative estimate of drug-likeness (QED) is 0.0813. The number of nitrogens with zero attached hydrogens (tertiary/aromatic N) is 7. The number of oxime groups is 1. The number of anilines is 1. The van der Waals surface area contributed by atoms with Crippen molar-refractivity contribution in [3.8, 4) is 11.5 Å². The highest BCUT2D eigenvalue weighted by molar-refractivity contribution is 8.01. The molecular formula is C37H39N9O13S3. The number of allylic oxidation sites excluding steroid dienone is 2. The van der Waals surface area contributed by atoms with Crippen molar-refractivity contribution in [1.82, 2.24) is 25.1 Å². The number of carboxylic acids is 3. The first-order valence-corrected chi connectivity index (χ1v) is 21.7. The average molecular weight is 914 g/mol. The SMILES string of the molecule is CC1=CC(SC/C2=C(\C(=O)O)N(C3CCCCC/C=C\3C(=O)O)C(=O)[C@@H](NC(=O)/C(=N\OCc3cc(O)c(O)cc3C(=O)O)c3csc(N)n3)CSC2)N2N=CN(C(=O)O)C2=N1. The minimum Gasteiger partial charge on any atom is -0.504 e. The van der Waals surface area contributed by atoms with Crippen molar-refractivity contribution in [2.75, 3.05) is 23.0 Å². The molecule has 9 N–H and O–H groups in total. The number of hydrogen-bond donors (Lipinski definition) is 8. The van der Waals surface area contributed by atoms with Gasteiger partial charge in [-0.3, -0.25) is 14.5 Å². The number of carboxylic acid groups (broad SMARTS) is 4. The number of thiazole rings is 1. The molecule has 0 bridgehead atoms. The van der Waals surface area contributed by atoms with Gasteiger partial charge in [0.05, 0.1) is 17.2 Å². The van der Waals surface area contributed by atoms with Crippen LogP contribution in [0.2, 0.25) is 0 Å². The Morgan fingerprint density at radius 3 is 2.48 bits per heavy atom. The maximum Gasteiger partial charge on any atom is 0.419 e. The number of amides is 3. The third-order valence-electron chi connectivity index (χ3n) is 9.68. The number of aliphatic imine (C=N–C) groups is 1. The van der Waals surface area contributed by atoms with E-state index < -0.39 is 88.4 Å². The molecule has 328 valence electrons. The first kappa shape index (κ1) is 44.9. The molecule has 0 saturated heterocycles. The van der Waals surface area contributed by atoms with Gasteiger partial charge in [0.1, 0.15) is 35.8 Å². The molecule has 4 heterocycles. The monoisotopic (exact) mass is 913 g/mol. The number of phenols is 2. The highest BCUT2D eigenvalue weighted by atomic mass is 32.2. The first-order chi connectivity index (χ1) is 29.5. The van der Waals surface area contributed by atoms with E-state index in [2.05, 4.69) is 25.6 Å². The van der Waals surface area contributed by atoms with Crippen LogP contribution in [-0.2, 0) is 30.6 Å². The molecule has 0 spiro atoms. The summed E-state index contributed by atoms with van der Waals surface area (Å²) >= 11 is 3.24. The fourth-order valence-corrected chi connectivity index (χ4v) is 9.76. The highest BCUT2D eigenvalue weighted by Gasteiger charge is 2.43. The summed E-state index contributed by atoms with van der Waals surface area (Å²) in [5, 5.41) is 73.1. The molecule has 22 nitrogen and oxygen atoms in total. The molecule has 6 rings (SSSR count). The van der Waals surface area contributed by atoms with Crippen LogP contribution in [0.25, 0.3) is 0 Å². The predicted molar refractivity (Wildman–Crippen MR) is 226 cm³/mol. The predicted octanol–water partition coefficient (Wildman–Crippen LogP) is 3.07. The van der Waals surface area contributed by atoms with Crippen LogP contribution < -0.4 is 11.1 Å². The van der Waals surface area contributed by atoms with Crippen LogP contribution in [0, 0.1) is 0 Å². The van der Waals surface area contributed by atoms with E-state index in [-0.39, 0.29) is 57.2 Å². The number of benzene rings is 1. The Morgan fingerprint density at radius 1 is 1.05 bits per heavy atom. The molecule has 0 saturated carbocycles. The van der Waals surface area contributed by atoms with E-state index in [0.717, 1.165) is 51.4 Å². The molecule has 3 aliphatic heterocycles. The van der Waals surface area contributed by atoms with E-state index in [9.17, 15) is 59.4 Å². The van der Waals surface area contributed by atoms with Crippen molar-refractivity contribution in [3.05, 3.63) is 69.0 Å². The lowest BCUT2D eigenvalue weighted by molar-refractivity contribution is -0.143. The summed E-state index contributed by atoms with van der Waals surface area (Å²) in [6.07, 6.45) is 5.18. The summed E-state index contributed by atoms with van der Waals surface area (Å²) in [5.74, 6) is -7.80. The van der Waals surface area contributed by atoms with Crippen LogP contribution in [0.15, 0.2) is 67.5 Å². The average Bonchev–Trinajstić information content (AvgIpc) is 3.83. The Labute approximate surface area is 363 Å². The zero-order valence-electron chi connectivity index (χ0n) is 32.5. The van der Waals surface area contributed by atoms with Crippen LogP contribution in [0.3, 0.4) is 0 Å². The van der Waals surface area contributed by atoms with Crippen molar-refractivity contribution in [2.45, 2.75) is 63.1 Å². The van der Waals surface area contributed by atoms with Gasteiger partial charge in [-0.1, -0.05) is 24.1 Å². The maximum absolute atomic E-state index is 14.9. The number of aromatic carboxylic acids is 1. The number of hydrogen-bond acceptors (Lipinski definition) is 18. The summed E-state index contributed by atoms with van der Waals surface area (Å²) in [7, 11) is 0. The summed E-state index contributed by atoms with van der Waals surface area (Å²) in [6, 6.07) is -1.00. The lowest BCUT2D eigenvalue weighted by Gasteiger charge is -2.38. The van der Waals surface area contributed by atoms with Gasteiger partial charge < -0.3 is 46.5 Å². The van der Waals surface area contributed by atoms with Gasteiger partial charge in [-0.15, -0.1) is 23.1 Å².